The van der Waals surface area contributed by atoms with E-state index in [1.165, 1.54) is 0 Å². The zero-order valence-electron chi connectivity index (χ0n) is 8.33. The Morgan fingerprint density at radius 2 is 2.00 bits per heavy atom. The predicted octanol–water partition coefficient (Wildman–Crippen LogP) is 1.24. The number of benzene rings is 1. The summed E-state index contributed by atoms with van der Waals surface area (Å²) in [5, 5.41) is 17.0. The highest BCUT2D eigenvalue weighted by atomic mass is 15.2. The van der Waals surface area contributed by atoms with Crippen molar-refractivity contribution in [2.45, 2.75) is 0 Å². The van der Waals surface area contributed by atoms with Crippen molar-refractivity contribution in [2.75, 3.05) is 0 Å². The minimum atomic E-state index is 0.588. The molecular weight excluding hydrogens is 200 g/mol. The Labute approximate surface area is 91.4 Å². The standard InChI is InChI=1S/C12H7N4/c13-8-9-5-6-16-11-4-2-1-3-10(11)14-15-12(16)7-9/h1-7H/q+1. The van der Waals surface area contributed by atoms with Crippen LogP contribution in [0.15, 0.2) is 42.6 Å². The lowest BCUT2D eigenvalue weighted by Crippen LogP contribution is -2.24. The summed E-state index contributed by atoms with van der Waals surface area (Å²) in [5.74, 6) is 0. The molecule has 0 aliphatic rings. The Bertz CT molecular complexity index is 728. The van der Waals surface area contributed by atoms with Crippen molar-refractivity contribution in [2.24, 2.45) is 0 Å². The van der Waals surface area contributed by atoms with Crippen LogP contribution in [0, 0.1) is 11.3 Å². The normalized spacial score (nSPS) is 10.4. The third-order valence-electron chi connectivity index (χ3n) is 2.47. The third kappa shape index (κ3) is 1.19. The summed E-state index contributed by atoms with van der Waals surface area (Å²) in [7, 11) is 0. The van der Waals surface area contributed by atoms with Crippen molar-refractivity contribution >= 4 is 16.7 Å². The lowest BCUT2D eigenvalue weighted by molar-refractivity contribution is -0.485. The largest absolute Gasteiger partial charge is 0.357 e. The Balaban J connectivity index is 2.49. The summed E-state index contributed by atoms with van der Waals surface area (Å²) < 4.78 is 1.92. The van der Waals surface area contributed by atoms with Gasteiger partial charge in [0.15, 0.2) is 11.0 Å². The van der Waals surface area contributed by atoms with Crippen LogP contribution in [0.3, 0.4) is 0 Å². The molecule has 0 radical (unpaired) electrons. The highest BCUT2D eigenvalue weighted by molar-refractivity contribution is 5.70. The van der Waals surface area contributed by atoms with Gasteiger partial charge in [0.25, 0.3) is 0 Å². The molecule has 2 aromatic heterocycles. The summed E-state index contributed by atoms with van der Waals surface area (Å²) in [6.07, 6.45) is 1.84. The van der Waals surface area contributed by atoms with Crippen molar-refractivity contribution in [1.82, 2.24) is 10.2 Å². The molecule has 0 aliphatic heterocycles. The number of nitrogens with zero attached hydrogens (tertiary/aromatic N) is 4. The van der Waals surface area contributed by atoms with Gasteiger partial charge in [-0.2, -0.15) is 9.66 Å². The monoisotopic (exact) mass is 207 g/mol. The minimum Gasteiger partial charge on any atom is -0.192 e. The van der Waals surface area contributed by atoms with Crippen molar-refractivity contribution in [1.29, 1.82) is 5.26 Å². The topological polar surface area (TPSA) is 53.7 Å². The molecule has 0 atom stereocenters. The van der Waals surface area contributed by atoms with E-state index < -0.39 is 0 Å². The van der Waals surface area contributed by atoms with Gasteiger partial charge in [-0.25, -0.2) is 0 Å². The van der Waals surface area contributed by atoms with Crippen LogP contribution >= 0.6 is 0 Å². The maximum atomic E-state index is 8.80. The lowest BCUT2D eigenvalue weighted by atomic mass is 10.2. The fourth-order valence-electron chi connectivity index (χ4n) is 1.70. The molecule has 16 heavy (non-hydrogen) atoms. The molecule has 1 aromatic carbocycles. The maximum Gasteiger partial charge on any atom is 0.357 e. The quantitative estimate of drug-likeness (QED) is 0.411. The zero-order valence-corrected chi connectivity index (χ0v) is 8.33. The van der Waals surface area contributed by atoms with Crippen molar-refractivity contribution in [3.8, 4) is 6.07 Å². The molecule has 3 rings (SSSR count). The Morgan fingerprint density at radius 3 is 2.88 bits per heavy atom. The van der Waals surface area contributed by atoms with Crippen molar-refractivity contribution in [3.63, 3.8) is 0 Å². The highest BCUT2D eigenvalue weighted by Gasteiger charge is 2.10. The second kappa shape index (κ2) is 3.24. The first-order valence-electron chi connectivity index (χ1n) is 4.85. The fraction of sp³-hybridized carbons (Fsp3) is 0. The summed E-state index contributed by atoms with van der Waals surface area (Å²) in [4.78, 5) is 0. The summed E-state index contributed by atoms with van der Waals surface area (Å²) in [6.45, 7) is 0. The molecule has 0 aliphatic carbocycles. The molecule has 2 heterocycles. The number of fused-ring (bicyclic) bond motifs is 3. The van der Waals surface area contributed by atoms with E-state index >= 15 is 0 Å². The fourth-order valence-corrected chi connectivity index (χ4v) is 1.70. The Kier molecular flexibility index (Phi) is 1.77. The number of hydrogen-bond acceptors (Lipinski definition) is 3. The Hall–Kier alpha value is -2.54. The SMILES string of the molecule is N#Cc1cc[n+]2c(c1)nnc1ccccc12. The first-order chi connectivity index (χ1) is 7.88. The van der Waals surface area contributed by atoms with Gasteiger partial charge in [0.2, 0.25) is 0 Å². The van der Waals surface area contributed by atoms with Crippen LogP contribution in [0.4, 0.5) is 0 Å². The van der Waals surface area contributed by atoms with Crippen molar-refractivity contribution in [3.05, 3.63) is 48.2 Å². The molecule has 0 N–H and O–H groups in total. The lowest BCUT2D eigenvalue weighted by Gasteiger charge is -1.95. The number of para-hydroxylation sites is 1. The minimum absolute atomic E-state index is 0.588. The van der Waals surface area contributed by atoms with E-state index in [-0.39, 0.29) is 0 Å². The van der Waals surface area contributed by atoms with Gasteiger partial charge in [-0.15, -0.1) is 0 Å². The van der Waals surface area contributed by atoms with E-state index in [2.05, 4.69) is 16.3 Å². The van der Waals surface area contributed by atoms with E-state index in [0.29, 0.717) is 11.2 Å². The first kappa shape index (κ1) is 8.74. The van der Waals surface area contributed by atoms with Crippen LogP contribution in [-0.4, -0.2) is 10.2 Å². The molecule has 0 unspecified atom stereocenters. The average Bonchev–Trinajstić information content (AvgIpc) is 2.38. The molecule has 0 amide bonds. The van der Waals surface area contributed by atoms with Gasteiger partial charge in [0, 0.05) is 0 Å². The van der Waals surface area contributed by atoms with Gasteiger partial charge in [-0.05, 0) is 23.3 Å². The van der Waals surface area contributed by atoms with Crippen molar-refractivity contribution < 1.29 is 4.40 Å². The molecular formula is C12H7N4+. The number of pyridine rings is 1. The van der Waals surface area contributed by atoms with Gasteiger partial charge < -0.3 is 0 Å². The highest BCUT2D eigenvalue weighted by Crippen LogP contribution is 2.06. The van der Waals surface area contributed by atoms with E-state index in [1.54, 1.807) is 12.1 Å². The number of nitriles is 1. The molecule has 0 fully saturated rings. The first-order valence-corrected chi connectivity index (χ1v) is 4.85. The van der Waals surface area contributed by atoms with E-state index in [1.807, 2.05) is 34.9 Å². The van der Waals surface area contributed by atoms with Gasteiger partial charge in [-0.3, -0.25) is 0 Å². The van der Waals surface area contributed by atoms with E-state index in [9.17, 15) is 0 Å². The van der Waals surface area contributed by atoms with Crippen LogP contribution in [0.1, 0.15) is 5.56 Å². The van der Waals surface area contributed by atoms with Gasteiger partial charge in [-0.1, -0.05) is 12.1 Å². The molecule has 74 valence electrons. The summed E-state index contributed by atoms with van der Waals surface area (Å²) in [6, 6.07) is 13.3. The summed E-state index contributed by atoms with van der Waals surface area (Å²) >= 11 is 0. The molecule has 4 heteroatoms. The number of hydrogen-bond donors (Lipinski definition) is 0. The predicted molar refractivity (Wildman–Crippen MR) is 57.4 cm³/mol. The molecule has 4 nitrogen and oxygen atoms in total. The van der Waals surface area contributed by atoms with Crippen LogP contribution in [0.5, 0.6) is 0 Å². The van der Waals surface area contributed by atoms with Gasteiger partial charge in [0.1, 0.15) is 0 Å². The molecule has 0 saturated carbocycles. The second-order valence-electron chi connectivity index (χ2n) is 3.44. The van der Waals surface area contributed by atoms with E-state index in [0.717, 1.165) is 11.0 Å². The van der Waals surface area contributed by atoms with E-state index in [4.69, 9.17) is 5.26 Å². The van der Waals surface area contributed by atoms with Crippen LogP contribution in [0.25, 0.3) is 16.7 Å². The van der Waals surface area contributed by atoms with Gasteiger partial charge >= 0.3 is 5.65 Å². The second-order valence-corrected chi connectivity index (χ2v) is 3.44. The average molecular weight is 207 g/mol. The molecule has 3 aromatic rings. The number of rotatable bonds is 0. The van der Waals surface area contributed by atoms with Gasteiger partial charge in [0.05, 0.1) is 29.0 Å². The van der Waals surface area contributed by atoms with Crippen LogP contribution < -0.4 is 4.40 Å². The third-order valence-corrected chi connectivity index (χ3v) is 2.47. The molecule has 0 bridgehead atoms. The Morgan fingerprint density at radius 1 is 1.12 bits per heavy atom. The summed E-state index contributed by atoms with van der Waals surface area (Å²) in [5.41, 5.74) is 3.09. The zero-order chi connectivity index (χ0) is 11.0. The molecule has 0 saturated heterocycles. The smallest absolute Gasteiger partial charge is 0.192 e. The van der Waals surface area contributed by atoms with Crippen LogP contribution in [-0.2, 0) is 0 Å². The maximum absolute atomic E-state index is 8.80. The van der Waals surface area contributed by atoms with Crippen LogP contribution in [0.2, 0.25) is 0 Å². The molecule has 0 spiro atoms. The number of aromatic nitrogens is 3.